The monoisotopic (exact) mass is 304 g/mol. The average molecular weight is 304 g/mol. The number of amides is 1. The first-order valence-corrected chi connectivity index (χ1v) is 7.55. The smallest absolute Gasteiger partial charge is 0.273 e. The zero-order valence-corrected chi connectivity index (χ0v) is 13.9. The van der Waals surface area contributed by atoms with Crippen molar-refractivity contribution in [1.29, 1.82) is 0 Å². The second kappa shape index (κ2) is 5.38. The van der Waals surface area contributed by atoms with Gasteiger partial charge in [-0.1, -0.05) is 27.7 Å². The summed E-state index contributed by atoms with van der Waals surface area (Å²) >= 11 is 0. The van der Waals surface area contributed by atoms with Crippen molar-refractivity contribution < 1.29 is 14.7 Å². The molecular formula is C17H24N2O3. The Labute approximate surface area is 131 Å². The van der Waals surface area contributed by atoms with Gasteiger partial charge in [0.1, 0.15) is 11.5 Å². The molecule has 5 heteroatoms. The average Bonchev–Trinajstić information content (AvgIpc) is 2.38. The molecule has 1 aliphatic carbocycles. The highest BCUT2D eigenvalue weighted by atomic mass is 16.3. The van der Waals surface area contributed by atoms with Crippen molar-refractivity contribution in [2.24, 2.45) is 10.8 Å². The molecular weight excluding hydrogens is 280 g/mol. The molecule has 22 heavy (non-hydrogen) atoms. The highest BCUT2D eigenvalue weighted by Gasteiger charge is 2.46. The summed E-state index contributed by atoms with van der Waals surface area (Å²) in [6.45, 7) is 9.38. The van der Waals surface area contributed by atoms with Gasteiger partial charge in [0.25, 0.3) is 5.91 Å². The minimum Gasteiger partial charge on any atom is -0.505 e. The van der Waals surface area contributed by atoms with E-state index < -0.39 is 16.7 Å². The Morgan fingerprint density at radius 2 is 1.82 bits per heavy atom. The van der Waals surface area contributed by atoms with Crippen molar-refractivity contribution >= 4 is 11.7 Å². The number of aromatic nitrogens is 1. The van der Waals surface area contributed by atoms with Crippen molar-refractivity contribution in [3.05, 3.63) is 23.5 Å². The molecule has 1 aromatic rings. The third-order valence-corrected chi connectivity index (χ3v) is 4.42. The molecule has 120 valence electrons. The van der Waals surface area contributed by atoms with Crippen molar-refractivity contribution in [2.75, 3.05) is 0 Å². The summed E-state index contributed by atoms with van der Waals surface area (Å²) in [7, 11) is 0. The van der Waals surface area contributed by atoms with Gasteiger partial charge in [0.15, 0.2) is 5.69 Å². The molecule has 0 bridgehead atoms. The topological polar surface area (TPSA) is 79.3 Å². The first kappa shape index (κ1) is 16.5. The van der Waals surface area contributed by atoms with Crippen LogP contribution in [-0.4, -0.2) is 27.8 Å². The SMILES string of the molecule is Cc1ccnc(C(=O)NC2CC(C)(C)C(=O)C(C)(C)C2)c1O. The summed E-state index contributed by atoms with van der Waals surface area (Å²) in [4.78, 5) is 28.7. The summed E-state index contributed by atoms with van der Waals surface area (Å²) in [6, 6.07) is 1.54. The Hall–Kier alpha value is -1.91. The highest BCUT2D eigenvalue weighted by molar-refractivity contribution is 5.96. The molecule has 0 unspecified atom stereocenters. The largest absolute Gasteiger partial charge is 0.505 e. The second-order valence-electron chi connectivity index (χ2n) is 7.50. The van der Waals surface area contributed by atoms with Crippen molar-refractivity contribution in [3.63, 3.8) is 0 Å². The van der Waals surface area contributed by atoms with E-state index in [1.807, 2.05) is 27.7 Å². The maximum Gasteiger partial charge on any atom is 0.273 e. The molecule has 1 saturated carbocycles. The minimum absolute atomic E-state index is 0.0347. The lowest BCUT2D eigenvalue weighted by Crippen LogP contribution is -2.52. The zero-order chi connectivity index (χ0) is 16.7. The van der Waals surface area contributed by atoms with Crippen LogP contribution in [0.4, 0.5) is 0 Å². The molecule has 1 fully saturated rings. The molecule has 2 N–H and O–H groups in total. The number of aromatic hydroxyl groups is 1. The summed E-state index contributed by atoms with van der Waals surface area (Å²) < 4.78 is 0. The Morgan fingerprint density at radius 1 is 1.27 bits per heavy atom. The molecule has 0 saturated heterocycles. The molecule has 0 aliphatic heterocycles. The summed E-state index contributed by atoms with van der Waals surface area (Å²) in [5, 5.41) is 12.9. The molecule has 1 aliphatic rings. The Kier molecular flexibility index (Phi) is 4.02. The number of rotatable bonds is 2. The van der Waals surface area contributed by atoms with E-state index in [1.54, 1.807) is 13.0 Å². The van der Waals surface area contributed by atoms with Crippen LogP contribution in [0.1, 0.15) is 56.6 Å². The van der Waals surface area contributed by atoms with Gasteiger partial charge in [0.05, 0.1) is 0 Å². The quantitative estimate of drug-likeness (QED) is 0.880. The number of hydrogen-bond donors (Lipinski definition) is 2. The molecule has 2 rings (SSSR count). The molecule has 0 radical (unpaired) electrons. The molecule has 1 heterocycles. The first-order chi connectivity index (χ1) is 10.0. The van der Waals surface area contributed by atoms with Gasteiger partial charge in [-0.3, -0.25) is 9.59 Å². The van der Waals surface area contributed by atoms with E-state index in [9.17, 15) is 14.7 Å². The van der Waals surface area contributed by atoms with E-state index in [-0.39, 0.29) is 23.3 Å². The number of aryl methyl sites for hydroxylation is 1. The van der Waals surface area contributed by atoms with Gasteiger partial charge in [-0.05, 0) is 31.4 Å². The van der Waals surface area contributed by atoms with E-state index in [0.29, 0.717) is 18.4 Å². The molecule has 1 amide bonds. The highest BCUT2D eigenvalue weighted by Crippen LogP contribution is 2.42. The minimum atomic E-state index is -0.470. The summed E-state index contributed by atoms with van der Waals surface area (Å²) in [5.74, 6) is -0.264. The number of carbonyl (C=O) groups excluding carboxylic acids is 2. The van der Waals surface area contributed by atoms with Crippen LogP contribution in [0.2, 0.25) is 0 Å². The van der Waals surface area contributed by atoms with Gasteiger partial charge in [-0.2, -0.15) is 0 Å². The van der Waals surface area contributed by atoms with Gasteiger partial charge in [0, 0.05) is 23.1 Å². The van der Waals surface area contributed by atoms with Crippen LogP contribution in [0.25, 0.3) is 0 Å². The Morgan fingerprint density at radius 3 is 2.36 bits per heavy atom. The maximum atomic E-state index is 12.4. The molecule has 1 aromatic heterocycles. The Bertz CT molecular complexity index is 600. The van der Waals surface area contributed by atoms with E-state index in [2.05, 4.69) is 10.3 Å². The number of Topliss-reactive ketones (excluding diaryl/α,β-unsaturated/α-hetero) is 1. The molecule has 0 aromatic carbocycles. The first-order valence-electron chi connectivity index (χ1n) is 7.55. The maximum absolute atomic E-state index is 12.4. The second-order valence-corrected chi connectivity index (χ2v) is 7.50. The number of pyridine rings is 1. The van der Waals surface area contributed by atoms with Crippen molar-refractivity contribution in [2.45, 2.75) is 53.5 Å². The van der Waals surface area contributed by atoms with E-state index in [0.717, 1.165) is 0 Å². The van der Waals surface area contributed by atoms with E-state index in [4.69, 9.17) is 0 Å². The predicted molar refractivity (Wildman–Crippen MR) is 83.7 cm³/mol. The van der Waals surface area contributed by atoms with E-state index >= 15 is 0 Å². The van der Waals surface area contributed by atoms with Crippen LogP contribution in [0.15, 0.2) is 12.3 Å². The number of ketones is 1. The molecule has 0 spiro atoms. The van der Waals surface area contributed by atoms with Crippen LogP contribution in [0.5, 0.6) is 5.75 Å². The lowest BCUT2D eigenvalue weighted by atomic mass is 9.62. The fourth-order valence-electron chi connectivity index (χ4n) is 3.48. The van der Waals surface area contributed by atoms with Gasteiger partial charge >= 0.3 is 0 Å². The molecule has 5 nitrogen and oxygen atoms in total. The lowest BCUT2D eigenvalue weighted by molar-refractivity contribution is -0.140. The van der Waals surface area contributed by atoms with Crippen molar-refractivity contribution in [1.82, 2.24) is 10.3 Å². The number of carbonyl (C=O) groups is 2. The normalized spacial score (nSPS) is 20.7. The van der Waals surface area contributed by atoms with E-state index in [1.165, 1.54) is 6.20 Å². The van der Waals surface area contributed by atoms with Crippen LogP contribution in [-0.2, 0) is 4.79 Å². The van der Waals surface area contributed by atoms with Crippen LogP contribution in [0.3, 0.4) is 0 Å². The predicted octanol–water partition coefficient (Wildman–Crippen LogP) is 2.61. The summed E-state index contributed by atoms with van der Waals surface area (Å²) in [6.07, 6.45) is 2.68. The number of hydrogen-bond acceptors (Lipinski definition) is 4. The number of nitrogens with zero attached hydrogens (tertiary/aromatic N) is 1. The third kappa shape index (κ3) is 2.98. The van der Waals surface area contributed by atoms with Gasteiger partial charge in [-0.25, -0.2) is 4.98 Å². The van der Waals surface area contributed by atoms with Crippen LogP contribution in [0, 0.1) is 17.8 Å². The lowest BCUT2D eigenvalue weighted by Gasteiger charge is -2.43. The van der Waals surface area contributed by atoms with Gasteiger partial charge in [-0.15, -0.1) is 0 Å². The van der Waals surface area contributed by atoms with Gasteiger partial charge in [0.2, 0.25) is 0 Å². The van der Waals surface area contributed by atoms with Crippen molar-refractivity contribution in [3.8, 4) is 5.75 Å². The summed E-state index contributed by atoms with van der Waals surface area (Å²) in [5.41, 5.74) is -0.295. The Balaban J connectivity index is 2.19. The zero-order valence-electron chi connectivity index (χ0n) is 13.9. The number of nitrogens with one attached hydrogen (secondary N) is 1. The van der Waals surface area contributed by atoms with Crippen LogP contribution >= 0.6 is 0 Å². The fourth-order valence-corrected chi connectivity index (χ4v) is 3.48. The third-order valence-electron chi connectivity index (χ3n) is 4.42. The van der Waals surface area contributed by atoms with Gasteiger partial charge < -0.3 is 10.4 Å². The molecule has 0 atom stereocenters. The standard InChI is InChI=1S/C17H24N2O3/c1-10-6-7-18-12(13(10)20)14(21)19-11-8-16(2,3)15(22)17(4,5)9-11/h6-7,11,20H,8-9H2,1-5H3,(H,19,21). The van der Waals surface area contributed by atoms with Crippen LogP contribution < -0.4 is 5.32 Å². The fraction of sp³-hybridized carbons (Fsp3) is 0.588.